The van der Waals surface area contributed by atoms with Gasteiger partial charge in [-0.1, -0.05) is 11.3 Å². The number of piperazine rings is 1. The van der Waals surface area contributed by atoms with Gasteiger partial charge >= 0.3 is 11.1 Å². The lowest BCUT2D eigenvalue weighted by atomic mass is 10.2. The highest BCUT2D eigenvalue weighted by Crippen LogP contribution is 2.32. The molecule has 0 saturated carbocycles. The van der Waals surface area contributed by atoms with E-state index in [1.807, 2.05) is 11.0 Å². The minimum Gasteiger partial charge on any atom is -0.442 e. The third-order valence-electron chi connectivity index (χ3n) is 5.84. The summed E-state index contributed by atoms with van der Waals surface area (Å²) in [5, 5.41) is 22.6. The monoisotopic (exact) mass is 502 g/mol. The van der Waals surface area contributed by atoms with E-state index in [2.05, 4.69) is 10.2 Å². The average Bonchev–Trinajstić information content (AvgIpc) is 3.41. The van der Waals surface area contributed by atoms with Gasteiger partial charge in [-0.05, 0) is 24.3 Å². The molecule has 11 nitrogen and oxygen atoms in total. The molecule has 2 amide bonds. The summed E-state index contributed by atoms with van der Waals surface area (Å²) in [6, 6.07) is 8.02. The molecule has 1 aromatic heterocycles. The van der Waals surface area contributed by atoms with E-state index < -0.39 is 22.9 Å². The molecular weight excluding hydrogens is 479 g/mol. The molecule has 0 radical (unpaired) electrons. The number of carbonyl (C=O) groups is 2. The molecule has 2 aromatic rings. The van der Waals surface area contributed by atoms with Crippen LogP contribution >= 0.6 is 11.3 Å². The predicted octanol–water partition coefficient (Wildman–Crippen LogP) is 2.45. The largest absolute Gasteiger partial charge is 0.442 e. The number of nitro groups is 1. The Morgan fingerprint density at radius 3 is 2.69 bits per heavy atom. The van der Waals surface area contributed by atoms with Gasteiger partial charge in [-0.2, -0.15) is 5.26 Å². The van der Waals surface area contributed by atoms with Crippen molar-refractivity contribution in [2.24, 2.45) is 0 Å². The Balaban J connectivity index is 1.35. The van der Waals surface area contributed by atoms with Crippen LogP contribution in [0, 0.1) is 27.3 Å². The molecule has 35 heavy (non-hydrogen) atoms. The molecule has 0 spiro atoms. The third kappa shape index (κ3) is 5.50. The normalized spacial score (nSPS) is 18.3. The maximum Gasteiger partial charge on any atom is 0.414 e. The van der Waals surface area contributed by atoms with Gasteiger partial charge in [0.15, 0.2) is 0 Å². The summed E-state index contributed by atoms with van der Waals surface area (Å²) in [4.78, 5) is 39.9. The number of halogens is 1. The second-order valence-electron chi connectivity index (χ2n) is 8.25. The molecule has 1 atom stereocenters. The molecule has 2 fully saturated rings. The first-order valence-corrected chi connectivity index (χ1v) is 11.7. The Bertz CT molecular complexity index is 1190. The minimum absolute atomic E-state index is 0.0686. The quantitative estimate of drug-likeness (QED) is 0.451. The average molecular weight is 503 g/mol. The summed E-state index contributed by atoms with van der Waals surface area (Å²) in [6.07, 6.45) is -1.09. The third-order valence-corrected chi connectivity index (χ3v) is 6.91. The highest BCUT2D eigenvalue weighted by atomic mass is 32.1. The Labute approximate surface area is 204 Å². The number of nitriles is 1. The summed E-state index contributed by atoms with van der Waals surface area (Å²) in [5.74, 6) is -0.680. The molecule has 2 aliphatic heterocycles. The molecule has 0 bridgehead atoms. The number of carbonyl (C=O) groups excluding carboxylic acids is 2. The molecule has 13 heteroatoms. The Hall–Kier alpha value is -3.76. The van der Waals surface area contributed by atoms with Crippen LogP contribution in [0.1, 0.15) is 17.4 Å². The highest BCUT2D eigenvalue weighted by molar-refractivity contribution is 7.15. The van der Waals surface area contributed by atoms with Crippen molar-refractivity contribution in [1.82, 2.24) is 10.2 Å². The molecule has 0 unspecified atom stereocenters. The van der Waals surface area contributed by atoms with E-state index in [0.29, 0.717) is 44.1 Å². The SMILES string of the molecule is CC(=O)NC[C@H]1CN(c2ccc(N3CCN(Cc4cc(C#N)c([N+](=O)[O-])s4)CC3)c(F)c2)C(=O)O1. The number of ether oxygens (including phenoxy) is 1. The molecule has 0 aliphatic carbocycles. The van der Waals surface area contributed by atoms with Crippen LogP contribution in [-0.4, -0.2) is 67.2 Å². The van der Waals surface area contributed by atoms with Gasteiger partial charge in [-0.3, -0.25) is 24.7 Å². The fourth-order valence-corrected chi connectivity index (χ4v) is 5.07. The van der Waals surface area contributed by atoms with Crippen LogP contribution in [0.3, 0.4) is 0 Å². The number of cyclic esters (lactones) is 1. The lowest BCUT2D eigenvalue weighted by Gasteiger charge is -2.36. The Kier molecular flexibility index (Phi) is 7.13. The lowest BCUT2D eigenvalue weighted by Crippen LogP contribution is -2.46. The minimum atomic E-state index is -0.588. The molecule has 2 saturated heterocycles. The number of amides is 2. The fourth-order valence-electron chi connectivity index (χ4n) is 4.11. The zero-order chi connectivity index (χ0) is 25.1. The smallest absolute Gasteiger partial charge is 0.414 e. The number of rotatable bonds is 7. The van der Waals surface area contributed by atoms with Crippen molar-refractivity contribution in [2.75, 3.05) is 49.1 Å². The number of benzene rings is 1. The Morgan fingerprint density at radius 1 is 1.34 bits per heavy atom. The molecule has 1 aromatic carbocycles. The van der Waals surface area contributed by atoms with Gasteiger partial charge in [0.2, 0.25) is 5.91 Å². The van der Waals surface area contributed by atoms with Crippen molar-refractivity contribution >= 4 is 39.7 Å². The number of nitrogens with zero attached hydrogens (tertiary/aromatic N) is 5. The van der Waals surface area contributed by atoms with E-state index in [4.69, 9.17) is 10.00 Å². The number of hydrogen-bond acceptors (Lipinski definition) is 9. The van der Waals surface area contributed by atoms with Crippen molar-refractivity contribution in [1.29, 1.82) is 5.26 Å². The molecule has 184 valence electrons. The fraction of sp³-hybridized carbons (Fsp3) is 0.409. The Morgan fingerprint density at radius 2 is 2.09 bits per heavy atom. The first-order chi connectivity index (χ1) is 16.7. The van der Waals surface area contributed by atoms with E-state index >= 15 is 0 Å². The summed E-state index contributed by atoms with van der Waals surface area (Å²) >= 11 is 1.00. The highest BCUT2D eigenvalue weighted by Gasteiger charge is 2.33. The summed E-state index contributed by atoms with van der Waals surface area (Å²) in [6.45, 7) is 4.62. The van der Waals surface area contributed by atoms with Crippen molar-refractivity contribution in [2.45, 2.75) is 19.6 Å². The predicted molar refractivity (Wildman–Crippen MR) is 126 cm³/mol. The maximum atomic E-state index is 15.0. The molecule has 2 aliphatic rings. The van der Waals surface area contributed by atoms with Gasteiger partial charge in [0.05, 0.1) is 29.4 Å². The van der Waals surface area contributed by atoms with Crippen LogP contribution in [0.5, 0.6) is 0 Å². The van der Waals surface area contributed by atoms with Crippen molar-refractivity contribution in [3.05, 3.63) is 50.6 Å². The van der Waals surface area contributed by atoms with Gasteiger partial charge in [0.25, 0.3) is 0 Å². The molecular formula is C22H23FN6O5S. The zero-order valence-corrected chi connectivity index (χ0v) is 19.7. The summed E-state index contributed by atoms with van der Waals surface area (Å²) in [7, 11) is 0. The molecule has 3 heterocycles. The maximum absolute atomic E-state index is 15.0. The van der Waals surface area contributed by atoms with Gasteiger partial charge in [-0.25, -0.2) is 9.18 Å². The van der Waals surface area contributed by atoms with Gasteiger partial charge in [-0.15, -0.1) is 0 Å². The number of thiophene rings is 1. The van der Waals surface area contributed by atoms with E-state index in [1.165, 1.54) is 17.9 Å². The van der Waals surface area contributed by atoms with Gasteiger partial charge in [0, 0.05) is 44.5 Å². The van der Waals surface area contributed by atoms with Crippen LogP contribution in [0.4, 0.5) is 25.6 Å². The first kappa shape index (κ1) is 24.4. The number of hydrogen-bond donors (Lipinski definition) is 1. The number of anilines is 2. The van der Waals surface area contributed by atoms with Crippen molar-refractivity contribution < 1.29 is 23.6 Å². The zero-order valence-electron chi connectivity index (χ0n) is 18.9. The second-order valence-corrected chi connectivity index (χ2v) is 9.37. The standard InChI is InChI=1S/C22H23FN6O5S/c1-14(30)25-11-17-12-28(22(31)34-17)16-2-3-20(19(23)9-16)27-6-4-26(5-7-27)13-18-8-15(10-24)21(35-18)29(32)33/h2-3,8-9,17H,4-7,11-13H2,1H3,(H,25,30)/t17-/m0/s1. The summed E-state index contributed by atoms with van der Waals surface area (Å²) in [5.41, 5.74) is 0.876. The van der Waals surface area contributed by atoms with Crippen LogP contribution in [-0.2, 0) is 16.1 Å². The van der Waals surface area contributed by atoms with E-state index in [9.17, 15) is 24.1 Å². The lowest BCUT2D eigenvalue weighted by molar-refractivity contribution is -0.380. The van der Waals surface area contributed by atoms with Crippen LogP contribution in [0.15, 0.2) is 24.3 Å². The van der Waals surface area contributed by atoms with Crippen LogP contribution in [0.2, 0.25) is 0 Å². The van der Waals surface area contributed by atoms with Crippen molar-refractivity contribution in [3.8, 4) is 6.07 Å². The van der Waals surface area contributed by atoms with Crippen LogP contribution < -0.4 is 15.1 Å². The van der Waals surface area contributed by atoms with Crippen LogP contribution in [0.25, 0.3) is 0 Å². The van der Waals surface area contributed by atoms with E-state index in [1.54, 1.807) is 18.2 Å². The second kappa shape index (κ2) is 10.2. The van der Waals surface area contributed by atoms with Crippen molar-refractivity contribution in [3.63, 3.8) is 0 Å². The first-order valence-electron chi connectivity index (χ1n) is 10.9. The van der Waals surface area contributed by atoms with Gasteiger partial charge < -0.3 is 15.0 Å². The topological polar surface area (TPSA) is 132 Å². The molecule has 4 rings (SSSR count). The van der Waals surface area contributed by atoms with Gasteiger partial charge in [0.1, 0.15) is 23.6 Å². The molecule has 1 N–H and O–H groups in total. The summed E-state index contributed by atoms with van der Waals surface area (Å²) < 4.78 is 20.2. The van der Waals surface area contributed by atoms with E-state index in [0.717, 1.165) is 16.2 Å². The van der Waals surface area contributed by atoms with E-state index in [-0.39, 0.29) is 29.6 Å². The number of nitrogens with one attached hydrogen (secondary N) is 1.